The minimum atomic E-state index is -0.550. The number of aromatic nitrogens is 1. The topological polar surface area (TPSA) is 90.6 Å². The molecule has 2 aromatic rings. The Bertz CT molecular complexity index is 860. The van der Waals surface area contributed by atoms with E-state index in [4.69, 9.17) is 4.74 Å². The molecule has 1 aromatic heterocycles. The second-order valence-corrected chi connectivity index (χ2v) is 5.99. The van der Waals surface area contributed by atoms with E-state index in [-0.39, 0.29) is 17.8 Å². The maximum absolute atomic E-state index is 12.8. The summed E-state index contributed by atoms with van der Waals surface area (Å²) in [7, 11) is 0. The molecule has 1 aliphatic heterocycles. The highest BCUT2D eigenvalue weighted by Crippen LogP contribution is 2.35. The lowest BCUT2D eigenvalue weighted by molar-refractivity contribution is -0.118. The number of pyridine rings is 1. The quantitative estimate of drug-likeness (QED) is 0.522. The standard InChI is InChI=1S/C19H19N5O2/c1-3-13(2)17-18(25)23-15-11-21-10-9-16(15)24(17)19(22-12-20)26-14-7-5-4-6-8-14/h4-11,13,17H,3H2,1-2H3,(H,23,25)/t13-,17-/m0/s1. The molecule has 3 rings (SSSR count). The highest BCUT2D eigenvalue weighted by molar-refractivity contribution is 6.12. The number of carbonyl (C=O) groups is 1. The number of nitrogens with zero attached hydrogens (tertiary/aromatic N) is 4. The van der Waals surface area contributed by atoms with Crippen LogP contribution in [0.15, 0.2) is 53.8 Å². The van der Waals surface area contributed by atoms with Crippen molar-refractivity contribution in [1.82, 2.24) is 4.98 Å². The van der Waals surface area contributed by atoms with Crippen LogP contribution in [0.25, 0.3) is 0 Å². The summed E-state index contributed by atoms with van der Waals surface area (Å²) in [5, 5.41) is 12.1. The number of ether oxygens (including phenoxy) is 1. The fraction of sp³-hybridized carbons (Fsp3) is 0.263. The highest BCUT2D eigenvalue weighted by Gasteiger charge is 2.40. The zero-order valence-corrected chi connectivity index (χ0v) is 14.6. The van der Waals surface area contributed by atoms with Crippen LogP contribution < -0.4 is 15.0 Å². The number of fused-ring (bicyclic) bond motifs is 1. The van der Waals surface area contributed by atoms with Crippen LogP contribution in [-0.4, -0.2) is 23.0 Å². The summed E-state index contributed by atoms with van der Waals surface area (Å²) >= 11 is 0. The van der Waals surface area contributed by atoms with Crippen molar-refractivity contribution < 1.29 is 9.53 Å². The van der Waals surface area contributed by atoms with E-state index in [2.05, 4.69) is 15.3 Å². The fourth-order valence-electron chi connectivity index (χ4n) is 2.89. The van der Waals surface area contributed by atoms with Gasteiger partial charge in [-0.3, -0.25) is 14.7 Å². The molecular weight excluding hydrogens is 330 g/mol. The molecule has 0 unspecified atom stereocenters. The van der Waals surface area contributed by atoms with Crippen LogP contribution in [0.5, 0.6) is 5.75 Å². The van der Waals surface area contributed by atoms with E-state index in [9.17, 15) is 10.1 Å². The van der Waals surface area contributed by atoms with Crippen molar-refractivity contribution in [1.29, 1.82) is 5.26 Å². The second kappa shape index (κ2) is 7.66. The van der Waals surface area contributed by atoms with Gasteiger partial charge in [0.25, 0.3) is 0 Å². The fourth-order valence-corrected chi connectivity index (χ4v) is 2.89. The zero-order chi connectivity index (χ0) is 18.5. The molecule has 0 saturated carbocycles. The normalized spacial score (nSPS) is 17.7. The highest BCUT2D eigenvalue weighted by atomic mass is 16.5. The number of amidine groups is 1. The van der Waals surface area contributed by atoms with Gasteiger partial charge in [-0.1, -0.05) is 38.5 Å². The number of hydrogen-bond acceptors (Lipinski definition) is 5. The summed E-state index contributed by atoms with van der Waals surface area (Å²) in [6.45, 7) is 3.99. The molecule has 1 N–H and O–H groups in total. The van der Waals surface area contributed by atoms with E-state index < -0.39 is 6.04 Å². The van der Waals surface area contributed by atoms with Gasteiger partial charge in [-0.2, -0.15) is 5.26 Å². The molecule has 0 fully saturated rings. The van der Waals surface area contributed by atoms with Gasteiger partial charge in [0.2, 0.25) is 12.1 Å². The molecule has 2 atom stereocenters. The Kier molecular flexibility index (Phi) is 5.13. The third kappa shape index (κ3) is 3.35. The van der Waals surface area contributed by atoms with Crippen LogP contribution in [0.1, 0.15) is 20.3 Å². The molecule has 7 heteroatoms. The molecule has 0 aliphatic carbocycles. The van der Waals surface area contributed by atoms with E-state index in [1.165, 1.54) is 0 Å². The molecule has 0 spiro atoms. The SMILES string of the molecule is CC[C@H](C)[C@H]1C(=O)Nc2cnccc2N1C(=NC#N)Oc1ccccc1. The van der Waals surface area contributed by atoms with Crippen molar-refractivity contribution in [2.45, 2.75) is 26.3 Å². The lowest BCUT2D eigenvalue weighted by Crippen LogP contribution is -2.55. The molecule has 0 saturated heterocycles. The summed E-state index contributed by atoms with van der Waals surface area (Å²) in [5.74, 6) is 0.368. The van der Waals surface area contributed by atoms with E-state index in [0.717, 1.165) is 6.42 Å². The van der Waals surface area contributed by atoms with Gasteiger partial charge in [-0.05, 0) is 24.1 Å². The van der Waals surface area contributed by atoms with Crippen LogP contribution >= 0.6 is 0 Å². The van der Waals surface area contributed by atoms with Crippen LogP contribution in [0.3, 0.4) is 0 Å². The molecule has 132 valence electrons. The molecular formula is C19H19N5O2. The summed E-state index contributed by atoms with van der Waals surface area (Å²) in [4.78, 5) is 22.4. The molecule has 0 radical (unpaired) electrons. The Morgan fingerprint density at radius 2 is 2.19 bits per heavy atom. The minimum absolute atomic E-state index is 0.0135. The van der Waals surface area contributed by atoms with Crippen molar-refractivity contribution in [3.05, 3.63) is 48.8 Å². The van der Waals surface area contributed by atoms with Crippen molar-refractivity contribution in [2.24, 2.45) is 10.9 Å². The van der Waals surface area contributed by atoms with Crippen LogP contribution in [0, 0.1) is 17.4 Å². The first-order valence-electron chi connectivity index (χ1n) is 8.39. The Morgan fingerprint density at radius 1 is 1.42 bits per heavy atom. The Balaban J connectivity index is 2.10. The molecule has 26 heavy (non-hydrogen) atoms. The molecule has 7 nitrogen and oxygen atoms in total. The van der Waals surface area contributed by atoms with Crippen LogP contribution in [0.2, 0.25) is 0 Å². The van der Waals surface area contributed by atoms with Crippen molar-refractivity contribution >= 4 is 23.3 Å². The first-order valence-corrected chi connectivity index (χ1v) is 8.39. The first kappa shape index (κ1) is 17.4. The Morgan fingerprint density at radius 3 is 2.88 bits per heavy atom. The number of aliphatic imine (C=N–C) groups is 1. The summed E-state index contributed by atoms with van der Waals surface area (Å²) in [5.41, 5.74) is 1.24. The summed E-state index contributed by atoms with van der Waals surface area (Å²) in [6.07, 6.45) is 5.76. The number of amides is 1. The maximum atomic E-state index is 12.8. The largest absolute Gasteiger partial charge is 0.425 e. The van der Waals surface area contributed by atoms with Crippen molar-refractivity contribution in [3.8, 4) is 11.9 Å². The number of rotatable bonds is 3. The molecule has 1 aromatic carbocycles. The molecule has 0 bridgehead atoms. The third-order valence-electron chi connectivity index (χ3n) is 4.35. The Hall–Kier alpha value is -3.40. The molecule has 1 aliphatic rings. The van der Waals surface area contributed by atoms with E-state index >= 15 is 0 Å². The maximum Gasteiger partial charge on any atom is 0.313 e. The first-order chi connectivity index (χ1) is 12.7. The monoisotopic (exact) mass is 349 g/mol. The summed E-state index contributed by atoms with van der Waals surface area (Å²) < 4.78 is 5.88. The van der Waals surface area contributed by atoms with Gasteiger partial charge in [0.15, 0.2) is 0 Å². The predicted octanol–water partition coefficient (Wildman–Crippen LogP) is 3.17. The number of nitriles is 1. The Labute approximate surface area is 151 Å². The van der Waals surface area contributed by atoms with Crippen LogP contribution in [0.4, 0.5) is 11.4 Å². The molecule has 2 heterocycles. The van der Waals surface area contributed by atoms with Crippen LogP contribution in [-0.2, 0) is 4.79 Å². The van der Waals surface area contributed by atoms with Gasteiger partial charge in [0.1, 0.15) is 11.8 Å². The average Bonchev–Trinajstić information content (AvgIpc) is 2.67. The van der Waals surface area contributed by atoms with Gasteiger partial charge in [0, 0.05) is 6.20 Å². The number of para-hydroxylation sites is 1. The lowest BCUT2D eigenvalue weighted by atomic mass is 9.94. The number of nitrogens with one attached hydrogen (secondary N) is 1. The number of hydrogen-bond donors (Lipinski definition) is 1. The number of carbonyl (C=O) groups excluding carboxylic acids is 1. The third-order valence-corrected chi connectivity index (χ3v) is 4.35. The van der Waals surface area contributed by atoms with E-state index in [0.29, 0.717) is 17.1 Å². The molecule has 1 amide bonds. The van der Waals surface area contributed by atoms with Gasteiger partial charge >= 0.3 is 6.02 Å². The predicted molar refractivity (Wildman–Crippen MR) is 98.7 cm³/mol. The zero-order valence-electron chi connectivity index (χ0n) is 14.6. The second-order valence-electron chi connectivity index (χ2n) is 5.99. The average molecular weight is 349 g/mol. The number of benzene rings is 1. The lowest BCUT2D eigenvalue weighted by Gasteiger charge is -2.39. The van der Waals surface area contributed by atoms with E-state index in [1.807, 2.05) is 32.0 Å². The van der Waals surface area contributed by atoms with Gasteiger partial charge in [0.05, 0.1) is 17.6 Å². The smallest absolute Gasteiger partial charge is 0.313 e. The summed E-state index contributed by atoms with van der Waals surface area (Å²) in [6, 6.07) is 10.3. The van der Waals surface area contributed by atoms with Crippen molar-refractivity contribution in [3.63, 3.8) is 0 Å². The number of anilines is 2. The van der Waals surface area contributed by atoms with Gasteiger partial charge < -0.3 is 10.1 Å². The van der Waals surface area contributed by atoms with E-state index in [1.54, 1.807) is 41.7 Å². The van der Waals surface area contributed by atoms with Gasteiger partial charge in [-0.15, -0.1) is 4.99 Å². The minimum Gasteiger partial charge on any atom is -0.425 e. The van der Waals surface area contributed by atoms with Crippen molar-refractivity contribution in [2.75, 3.05) is 10.2 Å². The van der Waals surface area contributed by atoms with Gasteiger partial charge in [-0.25, -0.2) is 0 Å².